The van der Waals surface area contributed by atoms with Gasteiger partial charge in [-0.25, -0.2) is 4.79 Å². The molecule has 3 unspecified atom stereocenters. The number of nitrogens with zero attached hydrogens (tertiary/aromatic N) is 1. The lowest BCUT2D eigenvalue weighted by Gasteiger charge is -2.41. The number of carboxylic acids is 1. The maximum Gasteiger partial charge on any atom is 0.377 e. The lowest BCUT2D eigenvalue weighted by atomic mass is 9.77. The van der Waals surface area contributed by atoms with Crippen molar-refractivity contribution >= 4 is 5.97 Å². The normalized spacial score (nSPS) is 40.5. The molecule has 0 aliphatic carbocycles. The Hall–Kier alpha value is -0.750. The minimum Gasteiger partial charge on any atom is -0.477 e. The van der Waals surface area contributed by atoms with Crippen LogP contribution in [0.1, 0.15) is 12.8 Å². The fraction of sp³-hybridized carbons (Fsp3) is 0.889. The standard InChI is InChI=1S/C9H13F2NO3/c10-9(11,7(13)14)8(15)2-4-12-3-1-6(8)5-12/h6,15H,1-5H2,(H,13,14). The summed E-state index contributed by atoms with van der Waals surface area (Å²) in [5, 5.41) is 18.4. The minimum atomic E-state index is -4.05. The van der Waals surface area contributed by atoms with Crippen molar-refractivity contribution in [3.05, 3.63) is 0 Å². The molecule has 0 aromatic carbocycles. The van der Waals surface area contributed by atoms with Gasteiger partial charge in [-0.15, -0.1) is 0 Å². The molecule has 2 heterocycles. The Morgan fingerprint density at radius 3 is 2.73 bits per heavy atom. The number of rotatable bonds is 2. The van der Waals surface area contributed by atoms with Crippen LogP contribution >= 0.6 is 0 Å². The van der Waals surface area contributed by atoms with Crippen LogP contribution in [0.3, 0.4) is 0 Å². The molecule has 6 heteroatoms. The van der Waals surface area contributed by atoms with E-state index in [1.807, 2.05) is 4.90 Å². The third-order valence-corrected chi connectivity index (χ3v) is 3.57. The third-order valence-electron chi connectivity index (χ3n) is 3.57. The lowest BCUT2D eigenvalue weighted by molar-refractivity contribution is -0.229. The summed E-state index contributed by atoms with van der Waals surface area (Å²) in [7, 11) is 0. The molecule has 2 aliphatic heterocycles. The first-order valence-corrected chi connectivity index (χ1v) is 4.94. The van der Waals surface area contributed by atoms with Gasteiger partial charge in [-0.3, -0.25) is 0 Å². The van der Waals surface area contributed by atoms with Gasteiger partial charge in [0.2, 0.25) is 0 Å². The predicted molar refractivity (Wildman–Crippen MR) is 46.7 cm³/mol. The van der Waals surface area contributed by atoms with Crippen molar-refractivity contribution < 1.29 is 23.8 Å². The summed E-state index contributed by atoms with van der Waals surface area (Å²) in [5.41, 5.74) is -2.37. The molecule has 3 atom stereocenters. The van der Waals surface area contributed by atoms with E-state index in [4.69, 9.17) is 5.11 Å². The molecule has 2 rings (SSSR count). The Balaban J connectivity index is 2.29. The van der Waals surface area contributed by atoms with Crippen LogP contribution in [0.4, 0.5) is 8.78 Å². The summed E-state index contributed by atoms with van der Waals surface area (Å²) in [6.45, 7) is 1.39. The first-order chi connectivity index (χ1) is 6.88. The van der Waals surface area contributed by atoms with E-state index in [-0.39, 0.29) is 6.42 Å². The molecule has 0 aromatic heterocycles. The van der Waals surface area contributed by atoms with E-state index in [9.17, 15) is 18.7 Å². The summed E-state index contributed by atoms with van der Waals surface area (Å²) >= 11 is 0. The molecule has 2 N–H and O–H groups in total. The second-order valence-electron chi connectivity index (χ2n) is 4.34. The molecular weight excluding hydrogens is 208 g/mol. The van der Waals surface area contributed by atoms with E-state index < -0.39 is 23.4 Å². The van der Waals surface area contributed by atoms with Crippen LogP contribution in [0, 0.1) is 5.92 Å². The van der Waals surface area contributed by atoms with E-state index in [1.54, 1.807) is 0 Å². The number of hydrogen-bond donors (Lipinski definition) is 2. The second kappa shape index (κ2) is 3.12. The predicted octanol–water partition coefficient (Wildman–Crippen LogP) is 0.163. The number of piperidine rings is 1. The van der Waals surface area contributed by atoms with Crippen LogP contribution in [0.2, 0.25) is 0 Å². The van der Waals surface area contributed by atoms with Crippen molar-refractivity contribution in [1.82, 2.24) is 4.90 Å². The largest absolute Gasteiger partial charge is 0.477 e. The summed E-state index contributed by atoms with van der Waals surface area (Å²) in [6, 6.07) is 0. The zero-order valence-corrected chi connectivity index (χ0v) is 8.12. The molecule has 0 amide bonds. The molecule has 86 valence electrons. The molecule has 2 bridgehead atoms. The highest BCUT2D eigenvalue weighted by molar-refractivity contribution is 5.77. The van der Waals surface area contributed by atoms with Crippen LogP contribution in [0.25, 0.3) is 0 Å². The number of carbonyl (C=O) groups is 1. The van der Waals surface area contributed by atoms with Crippen molar-refractivity contribution in [2.24, 2.45) is 5.92 Å². The maximum absolute atomic E-state index is 13.4. The second-order valence-corrected chi connectivity index (χ2v) is 4.34. The van der Waals surface area contributed by atoms with Crippen molar-refractivity contribution in [2.45, 2.75) is 24.4 Å². The van der Waals surface area contributed by atoms with Gasteiger partial charge in [0.15, 0.2) is 0 Å². The van der Waals surface area contributed by atoms with E-state index in [1.165, 1.54) is 0 Å². The fourth-order valence-electron chi connectivity index (χ4n) is 2.56. The molecule has 2 saturated heterocycles. The van der Waals surface area contributed by atoms with E-state index >= 15 is 0 Å². The van der Waals surface area contributed by atoms with Gasteiger partial charge in [0.1, 0.15) is 5.60 Å². The smallest absolute Gasteiger partial charge is 0.377 e. The molecular formula is C9H13F2NO3. The van der Waals surface area contributed by atoms with Gasteiger partial charge in [0.25, 0.3) is 0 Å². The first-order valence-electron chi connectivity index (χ1n) is 4.94. The summed E-state index contributed by atoms with van der Waals surface area (Å²) in [6.07, 6.45) is 0.274. The van der Waals surface area contributed by atoms with Crippen LogP contribution in [-0.2, 0) is 4.79 Å². The maximum atomic E-state index is 13.4. The molecule has 4 nitrogen and oxygen atoms in total. The van der Waals surface area contributed by atoms with E-state index in [0.717, 1.165) is 0 Å². The SMILES string of the molecule is O=C(O)C(F)(F)C1(O)CCN2CCC1C2. The minimum absolute atomic E-state index is 0.170. The Bertz CT molecular complexity index is 297. The Morgan fingerprint density at radius 2 is 2.13 bits per heavy atom. The van der Waals surface area contributed by atoms with Crippen molar-refractivity contribution in [2.75, 3.05) is 19.6 Å². The monoisotopic (exact) mass is 221 g/mol. The highest BCUT2D eigenvalue weighted by atomic mass is 19.3. The Kier molecular flexibility index (Phi) is 2.24. The van der Waals surface area contributed by atoms with Gasteiger partial charge >= 0.3 is 11.9 Å². The van der Waals surface area contributed by atoms with Crippen LogP contribution in [0.5, 0.6) is 0 Å². The Morgan fingerprint density at radius 1 is 1.47 bits per heavy atom. The zero-order valence-electron chi connectivity index (χ0n) is 8.12. The fourth-order valence-corrected chi connectivity index (χ4v) is 2.56. The van der Waals surface area contributed by atoms with Gasteiger partial charge in [-0.2, -0.15) is 8.78 Å². The molecule has 0 aromatic rings. The van der Waals surface area contributed by atoms with E-state index in [0.29, 0.717) is 26.1 Å². The molecule has 0 radical (unpaired) electrons. The van der Waals surface area contributed by atoms with Gasteiger partial charge in [-0.1, -0.05) is 0 Å². The number of fused-ring (bicyclic) bond motifs is 2. The molecule has 0 saturated carbocycles. The molecule has 0 spiro atoms. The van der Waals surface area contributed by atoms with Gasteiger partial charge < -0.3 is 15.1 Å². The topological polar surface area (TPSA) is 60.8 Å². The number of carboxylic acid groups (broad SMARTS) is 1. The number of aliphatic hydroxyl groups is 1. The van der Waals surface area contributed by atoms with Crippen LogP contribution in [-0.4, -0.2) is 52.2 Å². The number of halogens is 2. The average Bonchev–Trinajstić information content (AvgIpc) is 2.56. The van der Waals surface area contributed by atoms with Crippen LogP contribution < -0.4 is 0 Å². The molecule has 2 fully saturated rings. The van der Waals surface area contributed by atoms with Crippen LogP contribution in [0.15, 0.2) is 0 Å². The zero-order chi connectivity index (χ0) is 11.3. The highest BCUT2D eigenvalue weighted by Crippen LogP contribution is 2.45. The number of alkyl halides is 2. The first kappa shape index (κ1) is 10.8. The Labute approximate surface area is 85.5 Å². The molecule has 15 heavy (non-hydrogen) atoms. The summed E-state index contributed by atoms with van der Waals surface area (Å²) < 4.78 is 26.8. The van der Waals surface area contributed by atoms with E-state index in [2.05, 4.69) is 0 Å². The highest BCUT2D eigenvalue weighted by Gasteiger charge is 2.64. The number of aliphatic carboxylic acids is 1. The van der Waals surface area contributed by atoms with Crippen molar-refractivity contribution in [3.63, 3.8) is 0 Å². The molecule has 2 aliphatic rings. The number of hydrogen-bond acceptors (Lipinski definition) is 3. The quantitative estimate of drug-likeness (QED) is 0.697. The summed E-state index contributed by atoms with van der Waals surface area (Å²) in [4.78, 5) is 12.4. The third kappa shape index (κ3) is 1.35. The summed E-state index contributed by atoms with van der Waals surface area (Å²) in [5.74, 6) is -6.91. The van der Waals surface area contributed by atoms with Gasteiger partial charge in [-0.05, 0) is 19.4 Å². The lowest BCUT2D eigenvalue weighted by Crippen LogP contribution is -2.61. The van der Waals surface area contributed by atoms with Gasteiger partial charge in [0.05, 0.1) is 0 Å². The van der Waals surface area contributed by atoms with Crippen molar-refractivity contribution in [3.8, 4) is 0 Å². The average molecular weight is 221 g/mol. The van der Waals surface area contributed by atoms with Gasteiger partial charge in [0, 0.05) is 19.0 Å². The van der Waals surface area contributed by atoms with Crippen molar-refractivity contribution in [1.29, 1.82) is 0 Å².